The minimum absolute atomic E-state index is 0.0414. The van der Waals surface area contributed by atoms with E-state index >= 15 is 0 Å². The summed E-state index contributed by atoms with van der Waals surface area (Å²) in [5, 5.41) is 54.2. The van der Waals surface area contributed by atoms with E-state index in [1.807, 2.05) is 18.2 Å². The first kappa shape index (κ1) is 62.4. The monoisotopic (exact) mass is 946 g/mol. The van der Waals surface area contributed by atoms with Crippen molar-refractivity contribution in [3.8, 4) is 0 Å². The lowest BCUT2D eigenvalue weighted by molar-refractivity contribution is -0.302. The van der Waals surface area contributed by atoms with Gasteiger partial charge in [0.05, 0.1) is 32.0 Å². The number of amides is 1. The van der Waals surface area contributed by atoms with Gasteiger partial charge in [-0.05, 0) is 77.0 Å². The molecule has 1 fully saturated rings. The van der Waals surface area contributed by atoms with Gasteiger partial charge >= 0.3 is 5.97 Å². The fourth-order valence-electron chi connectivity index (χ4n) is 7.98. The van der Waals surface area contributed by atoms with Crippen LogP contribution in [0.15, 0.2) is 60.8 Å². The van der Waals surface area contributed by atoms with Gasteiger partial charge in [0.2, 0.25) is 5.91 Å². The molecule has 1 amide bonds. The van der Waals surface area contributed by atoms with E-state index in [1.165, 1.54) is 103 Å². The minimum atomic E-state index is -1.60. The van der Waals surface area contributed by atoms with Crippen LogP contribution in [0.5, 0.6) is 0 Å². The molecule has 1 aliphatic rings. The maximum absolute atomic E-state index is 13.0. The quantitative estimate of drug-likeness (QED) is 0.0196. The smallest absolute Gasteiger partial charge is 0.305 e. The third kappa shape index (κ3) is 36.0. The molecule has 0 bridgehead atoms. The fourth-order valence-corrected chi connectivity index (χ4v) is 7.98. The van der Waals surface area contributed by atoms with Crippen molar-refractivity contribution in [3.63, 3.8) is 0 Å². The van der Waals surface area contributed by atoms with Crippen LogP contribution in [0.4, 0.5) is 0 Å². The van der Waals surface area contributed by atoms with Crippen LogP contribution in [0, 0.1) is 0 Å². The molecule has 0 radical (unpaired) electrons. The lowest BCUT2D eigenvalue weighted by Crippen LogP contribution is -2.60. The highest BCUT2D eigenvalue weighted by molar-refractivity contribution is 5.76. The van der Waals surface area contributed by atoms with Crippen LogP contribution in [0.25, 0.3) is 0 Å². The number of allylic oxidation sites excluding steroid dienone is 9. The van der Waals surface area contributed by atoms with Crippen LogP contribution in [-0.4, -0.2) is 100 Å². The fraction of sp³-hybridized carbons (Fsp3) is 0.786. The highest BCUT2D eigenvalue weighted by Crippen LogP contribution is 2.22. The van der Waals surface area contributed by atoms with Crippen molar-refractivity contribution in [1.82, 2.24) is 5.32 Å². The summed E-state index contributed by atoms with van der Waals surface area (Å²) in [4.78, 5) is 25.0. The Labute approximate surface area is 408 Å². The Balaban J connectivity index is 2.26. The van der Waals surface area contributed by atoms with Crippen molar-refractivity contribution in [3.05, 3.63) is 60.8 Å². The average Bonchev–Trinajstić information content (AvgIpc) is 3.32. The molecule has 11 heteroatoms. The molecule has 1 aliphatic heterocycles. The lowest BCUT2D eigenvalue weighted by atomic mass is 9.99. The second-order valence-corrected chi connectivity index (χ2v) is 18.6. The molecule has 11 nitrogen and oxygen atoms in total. The van der Waals surface area contributed by atoms with E-state index in [0.717, 1.165) is 77.0 Å². The summed E-state index contributed by atoms with van der Waals surface area (Å²) >= 11 is 0. The summed E-state index contributed by atoms with van der Waals surface area (Å²) in [5.74, 6) is -0.320. The molecule has 0 saturated carbocycles. The highest BCUT2D eigenvalue weighted by Gasteiger charge is 2.44. The molecule has 1 heterocycles. The van der Waals surface area contributed by atoms with Crippen LogP contribution in [0.1, 0.15) is 219 Å². The molecule has 7 atom stereocenters. The number of aliphatic hydroxyl groups is 5. The van der Waals surface area contributed by atoms with Crippen LogP contribution in [-0.2, 0) is 23.8 Å². The zero-order valence-electron chi connectivity index (χ0n) is 42.3. The Morgan fingerprint density at radius 3 is 1.61 bits per heavy atom. The summed E-state index contributed by atoms with van der Waals surface area (Å²) in [5.41, 5.74) is 0. The SMILES string of the molecule is CCCCCC/C=C/CC/C=C/CC/C=C/C(O)C(COC1OC(CO)C(O)C(O)C1O)NC(=O)CC/C=C\C/C=C\CCCCCCCCOC(=O)CCCCCCCCCCCCCC. The van der Waals surface area contributed by atoms with Gasteiger partial charge in [0.15, 0.2) is 6.29 Å². The van der Waals surface area contributed by atoms with Crippen LogP contribution in [0.2, 0.25) is 0 Å². The van der Waals surface area contributed by atoms with Crippen LogP contribution < -0.4 is 5.32 Å². The van der Waals surface area contributed by atoms with Crippen LogP contribution >= 0.6 is 0 Å². The number of carbonyl (C=O) groups is 2. The number of unbranched alkanes of at least 4 members (excludes halogenated alkanes) is 23. The number of esters is 1. The Hall–Kier alpha value is -2.64. The van der Waals surface area contributed by atoms with Crippen molar-refractivity contribution >= 4 is 11.9 Å². The van der Waals surface area contributed by atoms with Gasteiger partial charge in [-0.3, -0.25) is 9.59 Å². The third-order valence-corrected chi connectivity index (χ3v) is 12.3. The number of rotatable bonds is 45. The molecule has 6 N–H and O–H groups in total. The molecule has 0 aromatic heterocycles. The molecule has 67 heavy (non-hydrogen) atoms. The highest BCUT2D eigenvalue weighted by atomic mass is 16.7. The van der Waals surface area contributed by atoms with E-state index < -0.39 is 49.5 Å². The molecular formula is C56H99NO10. The summed E-state index contributed by atoms with van der Waals surface area (Å²) in [6.07, 6.45) is 47.4. The number of nitrogens with one attached hydrogen (secondary N) is 1. The summed E-state index contributed by atoms with van der Waals surface area (Å²) in [6, 6.07) is -0.879. The first-order chi connectivity index (χ1) is 32.7. The van der Waals surface area contributed by atoms with Gasteiger partial charge in [-0.25, -0.2) is 0 Å². The summed E-state index contributed by atoms with van der Waals surface area (Å²) < 4.78 is 16.6. The van der Waals surface area contributed by atoms with E-state index in [2.05, 4.69) is 55.6 Å². The average molecular weight is 946 g/mol. The van der Waals surface area contributed by atoms with Crippen LogP contribution in [0.3, 0.4) is 0 Å². The number of ether oxygens (including phenoxy) is 3. The maximum Gasteiger partial charge on any atom is 0.305 e. The van der Waals surface area contributed by atoms with Gasteiger partial charge in [0.25, 0.3) is 0 Å². The molecule has 0 aromatic carbocycles. The van der Waals surface area contributed by atoms with Gasteiger partial charge in [0.1, 0.15) is 24.4 Å². The predicted molar refractivity (Wildman–Crippen MR) is 273 cm³/mol. The Morgan fingerprint density at radius 2 is 1.03 bits per heavy atom. The van der Waals surface area contributed by atoms with E-state index in [-0.39, 0.29) is 24.9 Å². The molecular weight excluding hydrogens is 847 g/mol. The van der Waals surface area contributed by atoms with Crippen molar-refractivity contribution in [2.45, 2.75) is 262 Å². The molecule has 1 saturated heterocycles. The number of hydrogen-bond donors (Lipinski definition) is 6. The van der Waals surface area contributed by atoms with Gasteiger partial charge < -0.3 is 45.1 Å². The van der Waals surface area contributed by atoms with Crippen molar-refractivity contribution in [1.29, 1.82) is 0 Å². The van der Waals surface area contributed by atoms with Gasteiger partial charge in [0, 0.05) is 12.8 Å². The molecule has 388 valence electrons. The number of carbonyl (C=O) groups excluding carboxylic acids is 2. The van der Waals surface area contributed by atoms with Crippen molar-refractivity contribution in [2.75, 3.05) is 19.8 Å². The normalized spacial score (nSPS) is 20.0. The largest absolute Gasteiger partial charge is 0.466 e. The summed E-state index contributed by atoms with van der Waals surface area (Å²) in [7, 11) is 0. The second kappa shape index (κ2) is 45.8. The Bertz CT molecular complexity index is 1300. The Kier molecular flexibility index (Phi) is 42.6. The number of hydrogen-bond acceptors (Lipinski definition) is 10. The first-order valence-electron chi connectivity index (χ1n) is 27.1. The zero-order valence-corrected chi connectivity index (χ0v) is 42.3. The third-order valence-electron chi connectivity index (χ3n) is 12.3. The van der Waals surface area contributed by atoms with E-state index in [1.54, 1.807) is 6.08 Å². The van der Waals surface area contributed by atoms with E-state index in [0.29, 0.717) is 25.9 Å². The predicted octanol–water partition coefficient (Wildman–Crippen LogP) is 11.5. The topological polar surface area (TPSA) is 175 Å². The summed E-state index contributed by atoms with van der Waals surface area (Å²) in [6.45, 7) is 4.19. The standard InChI is InChI=1S/C56H99NO10/c1-3-5-7-9-11-13-15-17-19-22-26-30-34-38-42-49(59)48(47-66-56-55(64)54(63)53(62)50(46-58)67-56)57-51(60)43-39-35-31-27-23-20-18-21-25-29-33-37-41-45-65-52(61)44-40-36-32-28-24-16-14-12-10-8-6-4-2/h13,15,20,22-23,26,31,35,38,42,48-50,53-56,58-59,62-64H,3-12,14,16-19,21,24-25,27-30,32-34,36-37,39-41,43-47H2,1-2H3,(H,57,60)/b15-13+,23-20-,26-22+,35-31-,42-38+. The Morgan fingerprint density at radius 1 is 0.552 bits per heavy atom. The molecule has 0 aromatic rings. The second-order valence-electron chi connectivity index (χ2n) is 18.6. The minimum Gasteiger partial charge on any atom is -0.466 e. The molecule has 0 aliphatic carbocycles. The number of aliphatic hydroxyl groups excluding tert-OH is 5. The van der Waals surface area contributed by atoms with Crippen molar-refractivity contribution in [2.24, 2.45) is 0 Å². The van der Waals surface area contributed by atoms with Gasteiger partial charge in [-0.2, -0.15) is 0 Å². The van der Waals surface area contributed by atoms with Gasteiger partial charge in [-0.15, -0.1) is 0 Å². The molecule has 1 rings (SSSR count). The maximum atomic E-state index is 13.0. The van der Waals surface area contributed by atoms with E-state index in [4.69, 9.17) is 14.2 Å². The van der Waals surface area contributed by atoms with Crippen molar-refractivity contribution < 1.29 is 49.3 Å². The first-order valence-corrected chi connectivity index (χ1v) is 27.1. The molecule has 0 spiro atoms. The van der Waals surface area contributed by atoms with E-state index in [9.17, 15) is 35.1 Å². The van der Waals surface area contributed by atoms with Gasteiger partial charge in [-0.1, -0.05) is 190 Å². The lowest BCUT2D eigenvalue weighted by Gasteiger charge is -2.40. The zero-order chi connectivity index (χ0) is 48.8. The molecule has 7 unspecified atom stereocenters.